The number of aromatic nitrogens is 2. The minimum absolute atomic E-state index is 0.0704. The Hall–Kier alpha value is -3.76. The average molecular weight is 384 g/mol. The number of nitriles is 1. The van der Waals surface area contributed by atoms with Gasteiger partial charge in [0.2, 0.25) is 0 Å². The van der Waals surface area contributed by atoms with Crippen LogP contribution in [-0.2, 0) is 0 Å². The zero-order chi connectivity index (χ0) is 20.4. The van der Waals surface area contributed by atoms with Crippen molar-refractivity contribution >= 4 is 22.4 Å². The fourth-order valence-corrected chi connectivity index (χ4v) is 3.24. The maximum Gasteiger partial charge on any atom is 0.159 e. The number of fused-ring (bicyclic) bond motifs is 1. The molecule has 2 aromatic carbocycles. The normalized spacial score (nSPS) is 19.9. The smallest absolute Gasteiger partial charge is 0.159 e. The summed E-state index contributed by atoms with van der Waals surface area (Å²) in [5.74, 6) is 0.706. The van der Waals surface area contributed by atoms with E-state index in [1.165, 1.54) is 0 Å². The molecule has 3 aromatic rings. The third-order valence-corrected chi connectivity index (χ3v) is 4.97. The van der Waals surface area contributed by atoms with Crippen LogP contribution < -0.4 is 11.5 Å². The minimum atomic E-state index is -0.345. The molecule has 7 heteroatoms. The van der Waals surface area contributed by atoms with Gasteiger partial charge in [0, 0.05) is 22.7 Å². The Morgan fingerprint density at radius 3 is 2.59 bits per heavy atom. The Morgan fingerprint density at radius 2 is 1.90 bits per heavy atom. The Morgan fingerprint density at radius 1 is 1.14 bits per heavy atom. The lowest BCUT2D eigenvalue weighted by atomic mass is 9.90. The lowest BCUT2D eigenvalue weighted by molar-refractivity contribution is 0.0778. The van der Waals surface area contributed by atoms with Crippen molar-refractivity contribution < 1.29 is 5.11 Å². The first-order valence-corrected chi connectivity index (χ1v) is 9.29. The number of benzene rings is 2. The molecule has 7 nitrogen and oxygen atoms in total. The molecule has 144 valence electrons. The summed E-state index contributed by atoms with van der Waals surface area (Å²) in [5, 5.41) is 19.8. The highest BCUT2D eigenvalue weighted by atomic mass is 16.3. The second kappa shape index (κ2) is 7.70. The molecular weight excluding hydrogens is 364 g/mol. The zero-order valence-electron chi connectivity index (χ0n) is 15.7. The number of rotatable bonds is 4. The van der Waals surface area contributed by atoms with Crippen LogP contribution in [0.4, 0.5) is 0 Å². The molecule has 0 spiro atoms. The molecule has 1 aliphatic carbocycles. The Kier molecular flexibility index (Phi) is 4.94. The van der Waals surface area contributed by atoms with Gasteiger partial charge in [0.25, 0.3) is 0 Å². The van der Waals surface area contributed by atoms with Gasteiger partial charge in [-0.15, -0.1) is 0 Å². The van der Waals surface area contributed by atoms with Gasteiger partial charge < -0.3 is 16.6 Å². The van der Waals surface area contributed by atoms with E-state index in [1.807, 2.05) is 42.5 Å². The lowest BCUT2D eigenvalue weighted by Crippen LogP contribution is -2.34. The summed E-state index contributed by atoms with van der Waals surface area (Å²) < 4.78 is 0. The lowest BCUT2D eigenvalue weighted by Gasteiger charge is -2.28. The van der Waals surface area contributed by atoms with Crippen LogP contribution in [0, 0.1) is 11.3 Å². The molecule has 0 atom stereocenters. The first-order chi connectivity index (χ1) is 14.0. The van der Waals surface area contributed by atoms with E-state index in [1.54, 1.807) is 12.3 Å². The molecule has 1 aromatic heterocycles. The molecule has 5 N–H and O–H groups in total. The largest absolute Gasteiger partial charge is 0.397 e. The van der Waals surface area contributed by atoms with E-state index < -0.39 is 0 Å². The number of amidine groups is 1. The third kappa shape index (κ3) is 3.79. The molecule has 1 aliphatic rings. The first-order valence-electron chi connectivity index (χ1n) is 9.29. The van der Waals surface area contributed by atoms with E-state index in [4.69, 9.17) is 11.5 Å². The van der Waals surface area contributed by atoms with Gasteiger partial charge in [-0.3, -0.25) is 4.99 Å². The molecule has 1 fully saturated rings. The van der Waals surface area contributed by atoms with Gasteiger partial charge in [0.15, 0.2) is 5.82 Å². The zero-order valence-corrected chi connectivity index (χ0v) is 15.7. The molecule has 1 saturated carbocycles. The number of nitrogens with two attached hydrogens (primary N) is 2. The third-order valence-electron chi connectivity index (χ3n) is 4.97. The van der Waals surface area contributed by atoms with E-state index in [0.29, 0.717) is 29.7 Å². The number of hydrogen-bond donors (Lipinski definition) is 3. The highest BCUT2D eigenvalue weighted by molar-refractivity contribution is 6.07. The van der Waals surface area contributed by atoms with Crippen LogP contribution >= 0.6 is 0 Å². The second-order valence-electron chi connectivity index (χ2n) is 7.03. The monoisotopic (exact) mass is 384 g/mol. The fraction of sp³-hybridized carbons (Fsp3) is 0.182. The molecule has 0 bridgehead atoms. The number of aliphatic hydroxyl groups is 1. The summed E-state index contributed by atoms with van der Waals surface area (Å²) in [5.41, 5.74) is 14.9. The Balaban J connectivity index is 1.72. The Bertz CT molecular complexity index is 1160. The van der Waals surface area contributed by atoms with E-state index in [0.717, 1.165) is 10.9 Å². The van der Waals surface area contributed by atoms with Crippen molar-refractivity contribution in [3.63, 3.8) is 0 Å². The van der Waals surface area contributed by atoms with Gasteiger partial charge in [0.1, 0.15) is 17.5 Å². The summed E-state index contributed by atoms with van der Waals surface area (Å²) in [6.07, 6.45) is 2.52. The van der Waals surface area contributed by atoms with Crippen LogP contribution in [0.2, 0.25) is 0 Å². The minimum Gasteiger partial charge on any atom is -0.397 e. The average Bonchev–Trinajstić information content (AvgIpc) is 2.73. The molecule has 0 unspecified atom stereocenters. The van der Waals surface area contributed by atoms with Gasteiger partial charge >= 0.3 is 0 Å². The van der Waals surface area contributed by atoms with E-state index >= 15 is 0 Å². The van der Waals surface area contributed by atoms with Crippen molar-refractivity contribution in [2.45, 2.75) is 25.0 Å². The number of aliphatic hydroxyl groups excluding tert-OH is 1. The topological polar surface area (TPSA) is 134 Å². The number of nitrogens with zero attached hydrogens (tertiary/aromatic N) is 4. The van der Waals surface area contributed by atoms with Crippen molar-refractivity contribution in [1.29, 1.82) is 5.26 Å². The molecule has 0 aliphatic heterocycles. The van der Waals surface area contributed by atoms with Crippen molar-refractivity contribution in [3.8, 4) is 17.5 Å². The molecular formula is C22H20N6O. The summed E-state index contributed by atoms with van der Waals surface area (Å²) in [7, 11) is 0. The van der Waals surface area contributed by atoms with Crippen LogP contribution in [0.5, 0.6) is 0 Å². The van der Waals surface area contributed by atoms with Crippen LogP contribution in [0.1, 0.15) is 18.4 Å². The SMILES string of the molecule is N#C/C(C(N)=NC1CC(O)C1)=C(/N)c1ccc2cnc(-c3ccccc3)nc2c1. The van der Waals surface area contributed by atoms with Crippen LogP contribution in [-0.4, -0.2) is 33.1 Å². The molecule has 1 heterocycles. The van der Waals surface area contributed by atoms with Gasteiger partial charge in [-0.1, -0.05) is 42.5 Å². The molecule has 29 heavy (non-hydrogen) atoms. The predicted molar refractivity (Wildman–Crippen MR) is 112 cm³/mol. The van der Waals surface area contributed by atoms with Gasteiger partial charge in [-0.25, -0.2) is 9.97 Å². The van der Waals surface area contributed by atoms with Crippen molar-refractivity contribution in [1.82, 2.24) is 9.97 Å². The maximum absolute atomic E-state index is 9.57. The van der Waals surface area contributed by atoms with Crippen LogP contribution in [0.25, 0.3) is 28.0 Å². The van der Waals surface area contributed by atoms with Crippen LogP contribution in [0.15, 0.2) is 65.3 Å². The fourth-order valence-electron chi connectivity index (χ4n) is 3.24. The quantitative estimate of drug-likeness (QED) is 0.359. The maximum atomic E-state index is 9.57. The number of aliphatic imine (C=N–C) groups is 1. The predicted octanol–water partition coefficient (Wildman–Crippen LogP) is 2.37. The second-order valence-corrected chi connectivity index (χ2v) is 7.03. The van der Waals surface area contributed by atoms with Crippen LogP contribution in [0.3, 0.4) is 0 Å². The molecule has 4 rings (SSSR count). The first kappa shape index (κ1) is 18.6. The van der Waals surface area contributed by atoms with Crippen molar-refractivity contribution in [3.05, 3.63) is 65.9 Å². The summed E-state index contributed by atoms with van der Waals surface area (Å²) >= 11 is 0. The van der Waals surface area contributed by atoms with Crippen molar-refractivity contribution in [2.24, 2.45) is 16.5 Å². The standard InChI is InChI=1S/C22H20N6O/c23-11-18(21(25)27-16-9-17(29)10-16)20(24)14-6-7-15-12-26-22(28-19(15)8-14)13-4-2-1-3-5-13/h1-8,12,16-17,29H,9-10,24H2,(H2,25,27)/b20-18-. The molecule has 0 radical (unpaired) electrons. The summed E-state index contributed by atoms with van der Waals surface area (Å²) in [4.78, 5) is 13.4. The van der Waals surface area contributed by atoms with Crippen molar-refractivity contribution in [2.75, 3.05) is 0 Å². The molecule has 0 amide bonds. The molecule has 0 saturated heterocycles. The van der Waals surface area contributed by atoms with Gasteiger partial charge in [-0.05, 0) is 18.9 Å². The van der Waals surface area contributed by atoms with Gasteiger partial charge in [0.05, 0.1) is 23.4 Å². The Labute approximate surface area is 168 Å². The van der Waals surface area contributed by atoms with E-state index in [2.05, 4.69) is 21.0 Å². The summed E-state index contributed by atoms with van der Waals surface area (Å²) in [6.45, 7) is 0. The highest BCUT2D eigenvalue weighted by Crippen LogP contribution is 2.25. The van der Waals surface area contributed by atoms with E-state index in [9.17, 15) is 10.4 Å². The summed E-state index contributed by atoms with van der Waals surface area (Å²) in [6, 6.07) is 17.2. The van der Waals surface area contributed by atoms with E-state index in [-0.39, 0.29) is 29.3 Å². The highest BCUT2D eigenvalue weighted by Gasteiger charge is 2.27. The number of hydrogen-bond acceptors (Lipinski definition) is 6. The van der Waals surface area contributed by atoms with Gasteiger partial charge in [-0.2, -0.15) is 5.26 Å².